The minimum Gasteiger partial charge on any atom is -0.394 e. The van der Waals surface area contributed by atoms with Crippen LogP contribution in [0.4, 0.5) is 13.2 Å². The molecule has 0 aromatic rings. The first-order valence-electron chi connectivity index (χ1n) is 5.71. The Morgan fingerprint density at radius 3 is 2.12 bits per heavy atom. The van der Waals surface area contributed by atoms with E-state index in [0.717, 1.165) is 0 Å². The summed E-state index contributed by atoms with van der Waals surface area (Å²) in [6.07, 6.45) is -4.63. The molecule has 0 heterocycles. The van der Waals surface area contributed by atoms with E-state index in [-0.39, 0.29) is 25.9 Å². The molecule has 17 heavy (non-hydrogen) atoms. The maximum absolute atomic E-state index is 11.8. The SMILES string of the molecule is CC(C)NC(C)(CO)CCOCCC(F)(F)F. The van der Waals surface area contributed by atoms with E-state index in [1.165, 1.54) is 0 Å². The molecule has 1 unspecified atom stereocenters. The van der Waals surface area contributed by atoms with Gasteiger partial charge in [0, 0.05) is 18.2 Å². The maximum atomic E-state index is 11.8. The zero-order valence-corrected chi connectivity index (χ0v) is 10.6. The van der Waals surface area contributed by atoms with E-state index >= 15 is 0 Å². The second kappa shape index (κ2) is 7.18. The Morgan fingerprint density at radius 2 is 1.71 bits per heavy atom. The van der Waals surface area contributed by atoms with Crippen LogP contribution in [-0.2, 0) is 4.74 Å². The molecule has 104 valence electrons. The molecule has 0 spiro atoms. The van der Waals surface area contributed by atoms with Gasteiger partial charge in [-0.3, -0.25) is 0 Å². The topological polar surface area (TPSA) is 41.5 Å². The molecule has 0 rings (SSSR count). The van der Waals surface area contributed by atoms with Gasteiger partial charge in [0.15, 0.2) is 0 Å². The molecule has 0 aliphatic carbocycles. The summed E-state index contributed by atoms with van der Waals surface area (Å²) in [5.41, 5.74) is -0.508. The molecule has 0 aromatic heterocycles. The smallest absolute Gasteiger partial charge is 0.391 e. The van der Waals surface area contributed by atoms with Gasteiger partial charge >= 0.3 is 6.18 Å². The van der Waals surface area contributed by atoms with Gasteiger partial charge in [-0.25, -0.2) is 0 Å². The molecule has 0 aliphatic rings. The van der Waals surface area contributed by atoms with Crippen LogP contribution in [0.15, 0.2) is 0 Å². The maximum Gasteiger partial charge on any atom is 0.391 e. The van der Waals surface area contributed by atoms with Crippen molar-refractivity contribution in [1.82, 2.24) is 5.32 Å². The molecule has 0 aliphatic heterocycles. The summed E-state index contributed by atoms with van der Waals surface area (Å²) < 4.78 is 40.4. The van der Waals surface area contributed by atoms with Crippen LogP contribution in [0.2, 0.25) is 0 Å². The fourth-order valence-corrected chi connectivity index (χ4v) is 1.48. The number of rotatable bonds is 8. The van der Waals surface area contributed by atoms with Gasteiger partial charge in [-0.05, 0) is 13.3 Å². The zero-order chi connectivity index (χ0) is 13.5. The van der Waals surface area contributed by atoms with Crippen molar-refractivity contribution in [3.63, 3.8) is 0 Å². The lowest BCUT2D eigenvalue weighted by Gasteiger charge is -2.31. The number of nitrogens with one attached hydrogen (secondary N) is 1. The van der Waals surface area contributed by atoms with Crippen molar-refractivity contribution in [2.75, 3.05) is 19.8 Å². The normalized spacial score (nSPS) is 16.2. The molecule has 0 amide bonds. The summed E-state index contributed by atoms with van der Waals surface area (Å²) in [5, 5.41) is 12.4. The molecular weight excluding hydrogens is 235 g/mol. The Hall–Kier alpha value is -0.330. The highest BCUT2D eigenvalue weighted by Crippen LogP contribution is 2.19. The van der Waals surface area contributed by atoms with E-state index in [9.17, 15) is 18.3 Å². The number of hydrogen-bond acceptors (Lipinski definition) is 3. The summed E-state index contributed by atoms with van der Waals surface area (Å²) in [6.45, 7) is 5.50. The fourth-order valence-electron chi connectivity index (χ4n) is 1.48. The second-order valence-corrected chi connectivity index (χ2v) is 4.75. The van der Waals surface area contributed by atoms with E-state index in [4.69, 9.17) is 4.74 Å². The highest BCUT2D eigenvalue weighted by molar-refractivity contribution is 4.83. The van der Waals surface area contributed by atoms with Gasteiger partial charge in [-0.2, -0.15) is 13.2 Å². The molecule has 1 atom stereocenters. The third-order valence-corrected chi connectivity index (χ3v) is 2.31. The van der Waals surface area contributed by atoms with Crippen molar-refractivity contribution in [3.8, 4) is 0 Å². The minimum atomic E-state index is -4.17. The summed E-state index contributed by atoms with van der Waals surface area (Å²) >= 11 is 0. The van der Waals surface area contributed by atoms with Crippen molar-refractivity contribution >= 4 is 0 Å². The van der Waals surface area contributed by atoms with Crippen LogP contribution in [0.1, 0.15) is 33.6 Å². The van der Waals surface area contributed by atoms with E-state index in [1.54, 1.807) is 0 Å². The Bertz CT molecular complexity index is 209. The van der Waals surface area contributed by atoms with Crippen molar-refractivity contribution < 1.29 is 23.0 Å². The first kappa shape index (κ1) is 16.7. The van der Waals surface area contributed by atoms with Crippen LogP contribution in [-0.4, -0.2) is 42.7 Å². The standard InChI is InChI=1S/C11H22F3NO2/c1-9(2)15-10(3,8-16)4-6-17-7-5-11(12,13)14/h9,15-16H,4-8H2,1-3H3. The van der Waals surface area contributed by atoms with Gasteiger partial charge in [0.05, 0.1) is 19.6 Å². The molecule has 0 bridgehead atoms. The van der Waals surface area contributed by atoms with Crippen LogP contribution in [0.5, 0.6) is 0 Å². The lowest BCUT2D eigenvalue weighted by molar-refractivity contribution is -0.145. The number of alkyl halides is 3. The largest absolute Gasteiger partial charge is 0.394 e. The van der Waals surface area contributed by atoms with Crippen LogP contribution in [0.25, 0.3) is 0 Å². The molecule has 2 N–H and O–H groups in total. The van der Waals surface area contributed by atoms with E-state index in [0.29, 0.717) is 6.42 Å². The molecule has 0 saturated carbocycles. The molecular formula is C11H22F3NO2. The van der Waals surface area contributed by atoms with Crippen LogP contribution in [0, 0.1) is 0 Å². The van der Waals surface area contributed by atoms with Gasteiger partial charge < -0.3 is 15.2 Å². The number of aliphatic hydroxyl groups excluding tert-OH is 1. The number of halogens is 3. The lowest BCUT2D eigenvalue weighted by Crippen LogP contribution is -2.49. The summed E-state index contributed by atoms with van der Waals surface area (Å²) in [7, 11) is 0. The highest BCUT2D eigenvalue weighted by Gasteiger charge is 2.27. The van der Waals surface area contributed by atoms with Gasteiger partial charge in [0.2, 0.25) is 0 Å². The lowest BCUT2D eigenvalue weighted by atomic mass is 9.98. The van der Waals surface area contributed by atoms with Crippen molar-refractivity contribution in [3.05, 3.63) is 0 Å². The quantitative estimate of drug-likeness (QED) is 0.654. The first-order valence-corrected chi connectivity index (χ1v) is 5.71. The summed E-state index contributed by atoms with van der Waals surface area (Å²) in [4.78, 5) is 0. The molecule has 6 heteroatoms. The van der Waals surface area contributed by atoms with E-state index in [2.05, 4.69) is 5.32 Å². The van der Waals surface area contributed by atoms with Crippen LogP contribution >= 0.6 is 0 Å². The predicted octanol–water partition coefficient (Wildman–Crippen LogP) is 2.09. The highest BCUT2D eigenvalue weighted by atomic mass is 19.4. The van der Waals surface area contributed by atoms with Crippen molar-refractivity contribution in [2.45, 2.75) is 51.4 Å². The second-order valence-electron chi connectivity index (χ2n) is 4.75. The third-order valence-electron chi connectivity index (χ3n) is 2.31. The summed E-state index contributed by atoms with van der Waals surface area (Å²) in [5.74, 6) is 0. The Balaban J connectivity index is 3.77. The van der Waals surface area contributed by atoms with E-state index in [1.807, 2.05) is 20.8 Å². The average molecular weight is 257 g/mol. The van der Waals surface area contributed by atoms with Crippen molar-refractivity contribution in [2.24, 2.45) is 0 Å². The number of aliphatic hydroxyl groups is 1. The minimum absolute atomic E-state index is 0.0756. The zero-order valence-electron chi connectivity index (χ0n) is 10.6. The number of hydrogen-bond donors (Lipinski definition) is 2. The molecule has 0 fully saturated rings. The van der Waals surface area contributed by atoms with Gasteiger partial charge in [0.1, 0.15) is 0 Å². The summed E-state index contributed by atoms with van der Waals surface area (Å²) in [6, 6.07) is 0.197. The monoisotopic (exact) mass is 257 g/mol. The van der Waals surface area contributed by atoms with E-state index < -0.39 is 18.1 Å². The molecule has 0 saturated heterocycles. The van der Waals surface area contributed by atoms with Gasteiger partial charge in [0.25, 0.3) is 0 Å². The van der Waals surface area contributed by atoms with Gasteiger partial charge in [-0.15, -0.1) is 0 Å². The fraction of sp³-hybridized carbons (Fsp3) is 1.00. The molecule has 0 aromatic carbocycles. The van der Waals surface area contributed by atoms with Crippen molar-refractivity contribution in [1.29, 1.82) is 0 Å². The Morgan fingerprint density at radius 1 is 1.18 bits per heavy atom. The average Bonchev–Trinajstić information content (AvgIpc) is 2.14. The molecule has 3 nitrogen and oxygen atoms in total. The van der Waals surface area contributed by atoms with Crippen LogP contribution in [0.3, 0.4) is 0 Å². The Kier molecular flexibility index (Phi) is 7.04. The Labute approximate surface area is 100 Å². The van der Waals surface area contributed by atoms with Crippen LogP contribution < -0.4 is 5.32 Å². The molecule has 0 radical (unpaired) electrons. The van der Waals surface area contributed by atoms with Gasteiger partial charge in [-0.1, -0.05) is 13.8 Å². The third kappa shape index (κ3) is 9.38. The number of ether oxygens (including phenoxy) is 1. The first-order chi connectivity index (χ1) is 7.68. The predicted molar refractivity (Wildman–Crippen MR) is 59.9 cm³/mol.